The average Bonchev–Trinajstić information content (AvgIpc) is 2.90. The number of carbonyl (C=O) groups excluding carboxylic acids is 1. The molecule has 1 fully saturated rings. The molecule has 1 heterocycles. The van der Waals surface area contributed by atoms with Crippen molar-refractivity contribution in [1.82, 2.24) is 10.2 Å². The van der Waals surface area contributed by atoms with E-state index in [1.807, 2.05) is 6.07 Å². The van der Waals surface area contributed by atoms with Crippen LogP contribution < -0.4 is 5.32 Å². The molecule has 1 aromatic carbocycles. The van der Waals surface area contributed by atoms with Crippen LogP contribution in [0.2, 0.25) is 0 Å². The smallest absolute Gasteiger partial charge is 0.408 e. The third-order valence-electron chi connectivity index (χ3n) is 3.41. The molecule has 2 amide bonds. The number of nitrogens with one attached hydrogen (secondary N) is 1. The summed E-state index contributed by atoms with van der Waals surface area (Å²) in [5, 5.41) is 20.5. The van der Waals surface area contributed by atoms with Gasteiger partial charge < -0.3 is 20.3 Å². The molecule has 3 N–H and O–H groups in total. The molecule has 8 nitrogen and oxygen atoms in total. The summed E-state index contributed by atoms with van der Waals surface area (Å²) >= 11 is 0. The van der Waals surface area contributed by atoms with Crippen LogP contribution >= 0.6 is 0 Å². The van der Waals surface area contributed by atoms with Crippen LogP contribution in [-0.4, -0.2) is 51.9 Å². The minimum atomic E-state index is -1.32. The summed E-state index contributed by atoms with van der Waals surface area (Å²) in [7, 11) is 0. The number of hydrogen-bond acceptors (Lipinski definition) is 4. The first-order valence-electron chi connectivity index (χ1n) is 6.68. The number of benzene rings is 1. The molecule has 0 unspecified atom stereocenters. The third kappa shape index (κ3) is 3.66. The maximum atomic E-state index is 11.7. The van der Waals surface area contributed by atoms with E-state index in [0.717, 1.165) is 10.5 Å². The zero-order chi connectivity index (χ0) is 16.1. The molecule has 0 radical (unpaired) electrons. The Labute approximate surface area is 126 Å². The Bertz CT molecular complexity index is 562. The van der Waals surface area contributed by atoms with Crippen LogP contribution in [0.25, 0.3) is 0 Å². The standard InChI is InChI=1S/C14H16N2O6/c17-12(18)11-10(6-7-16(11)14(20)21)15-13(19)22-8-9-4-2-1-3-5-9/h1-5,10-11H,6-8H2,(H,15,19)(H,17,18)(H,20,21)/t10-,11+/m1/s1. The Morgan fingerprint density at radius 2 is 1.91 bits per heavy atom. The molecule has 0 spiro atoms. The van der Waals surface area contributed by atoms with E-state index >= 15 is 0 Å². The molecule has 22 heavy (non-hydrogen) atoms. The molecule has 1 saturated heterocycles. The normalized spacial score (nSPS) is 20.5. The molecule has 1 aliphatic heterocycles. The third-order valence-corrected chi connectivity index (χ3v) is 3.41. The van der Waals surface area contributed by atoms with Gasteiger partial charge in [-0.1, -0.05) is 30.3 Å². The Hall–Kier alpha value is -2.77. The number of aliphatic carboxylic acids is 1. The summed E-state index contributed by atoms with van der Waals surface area (Å²) in [4.78, 5) is 34.7. The van der Waals surface area contributed by atoms with Crippen LogP contribution in [0.1, 0.15) is 12.0 Å². The van der Waals surface area contributed by atoms with Crippen LogP contribution in [0.5, 0.6) is 0 Å². The predicted molar refractivity (Wildman–Crippen MR) is 74.3 cm³/mol. The number of carboxylic acid groups (broad SMARTS) is 2. The van der Waals surface area contributed by atoms with Crippen molar-refractivity contribution < 1.29 is 29.3 Å². The van der Waals surface area contributed by atoms with Gasteiger partial charge in [0.05, 0.1) is 6.04 Å². The Kier molecular flexibility index (Phi) is 4.82. The second-order valence-electron chi connectivity index (χ2n) is 4.86. The Morgan fingerprint density at radius 1 is 1.23 bits per heavy atom. The number of carbonyl (C=O) groups is 3. The quantitative estimate of drug-likeness (QED) is 0.767. The monoisotopic (exact) mass is 308 g/mol. The highest BCUT2D eigenvalue weighted by Crippen LogP contribution is 2.18. The molecule has 0 aliphatic carbocycles. The van der Waals surface area contributed by atoms with Crippen molar-refractivity contribution in [2.45, 2.75) is 25.1 Å². The van der Waals surface area contributed by atoms with Gasteiger partial charge in [0, 0.05) is 6.54 Å². The predicted octanol–water partition coefficient (Wildman–Crippen LogP) is 1.12. The number of carboxylic acids is 1. The zero-order valence-corrected chi connectivity index (χ0v) is 11.6. The largest absolute Gasteiger partial charge is 0.480 e. The van der Waals surface area contributed by atoms with E-state index in [4.69, 9.17) is 14.9 Å². The van der Waals surface area contributed by atoms with Gasteiger partial charge in [0.15, 0.2) is 6.04 Å². The summed E-state index contributed by atoms with van der Waals surface area (Å²) in [6.45, 7) is 0.107. The fourth-order valence-corrected chi connectivity index (χ4v) is 2.38. The highest BCUT2D eigenvalue weighted by Gasteiger charge is 2.43. The van der Waals surface area contributed by atoms with Crippen molar-refractivity contribution in [2.75, 3.05) is 6.54 Å². The summed E-state index contributed by atoms with van der Waals surface area (Å²) in [5.74, 6) is -1.30. The molecular formula is C14H16N2O6. The molecule has 118 valence electrons. The van der Waals surface area contributed by atoms with Crippen molar-refractivity contribution in [3.05, 3.63) is 35.9 Å². The summed E-state index contributed by atoms with van der Waals surface area (Å²) in [5.41, 5.74) is 0.797. The van der Waals surface area contributed by atoms with Gasteiger partial charge in [0.2, 0.25) is 0 Å². The SMILES string of the molecule is O=C(N[C@@H]1CCN(C(=O)O)[C@@H]1C(=O)O)OCc1ccccc1. The van der Waals surface area contributed by atoms with Crippen LogP contribution in [0.15, 0.2) is 30.3 Å². The van der Waals surface area contributed by atoms with E-state index < -0.39 is 30.2 Å². The molecule has 2 atom stereocenters. The van der Waals surface area contributed by atoms with Gasteiger partial charge in [-0.15, -0.1) is 0 Å². The van der Waals surface area contributed by atoms with E-state index in [-0.39, 0.29) is 19.6 Å². The molecule has 0 bridgehead atoms. The molecule has 1 aromatic rings. The first kappa shape index (κ1) is 15.6. The minimum absolute atomic E-state index is 0.0515. The van der Waals surface area contributed by atoms with Crippen molar-refractivity contribution >= 4 is 18.2 Å². The van der Waals surface area contributed by atoms with E-state index in [0.29, 0.717) is 0 Å². The number of amides is 2. The Balaban J connectivity index is 1.90. The zero-order valence-electron chi connectivity index (χ0n) is 11.6. The lowest BCUT2D eigenvalue weighted by molar-refractivity contribution is -0.142. The van der Waals surface area contributed by atoms with Crippen molar-refractivity contribution in [2.24, 2.45) is 0 Å². The first-order valence-corrected chi connectivity index (χ1v) is 6.68. The second-order valence-corrected chi connectivity index (χ2v) is 4.86. The lowest BCUT2D eigenvalue weighted by atomic mass is 10.1. The summed E-state index contributed by atoms with van der Waals surface area (Å²) in [6.07, 6.45) is -1.87. The van der Waals surface area contributed by atoms with Crippen LogP contribution in [-0.2, 0) is 16.1 Å². The lowest BCUT2D eigenvalue weighted by Crippen LogP contribution is -2.50. The van der Waals surface area contributed by atoms with Gasteiger partial charge in [-0.2, -0.15) is 0 Å². The van der Waals surface area contributed by atoms with Gasteiger partial charge >= 0.3 is 18.2 Å². The van der Waals surface area contributed by atoms with Crippen molar-refractivity contribution in [3.8, 4) is 0 Å². The molecule has 2 rings (SSSR count). The maximum absolute atomic E-state index is 11.7. The van der Waals surface area contributed by atoms with E-state index in [9.17, 15) is 14.4 Å². The molecular weight excluding hydrogens is 292 g/mol. The molecule has 8 heteroatoms. The first-order chi connectivity index (χ1) is 10.5. The van der Waals surface area contributed by atoms with Gasteiger partial charge in [0.1, 0.15) is 6.61 Å². The molecule has 1 aliphatic rings. The summed E-state index contributed by atoms with van der Waals surface area (Å²) in [6, 6.07) is 6.90. The van der Waals surface area contributed by atoms with Crippen LogP contribution in [0.3, 0.4) is 0 Å². The second kappa shape index (κ2) is 6.79. The fourth-order valence-electron chi connectivity index (χ4n) is 2.38. The van der Waals surface area contributed by atoms with E-state index in [2.05, 4.69) is 5.32 Å². The van der Waals surface area contributed by atoms with Crippen LogP contribution in [0.4, 0.5) is 9.59 Å². The van der Waals surface area contributed by atoms with Gasteiger partial charge in [-0.25, -0.2) is 14.4 Å². The number of alkyl carbamates (subject to hydrolysis) is 1. The number of ether oxygens (including phenoxy) is 1. The van der Waals surface area contributed by atoms with E-state index in [1.165, 1.54) is 0 Å². The van der Waals surface area contributed by atoms with Gasteiger partial charge in [0.25, 0.3) is 0 Å². The van der Waals surface area contributed by atoms with Gasteiger partial charge in [-0.3, -0.25) is 4.90 Å². The Morgan fingerprint density at radius 3 is 2.50 bits per heavy atom. The number of hydrogen-bond donors (Lipinski definition) is 3. The highest BCUT2D eigenvalue weighted by molar-refractivity contribution is 5.82. The number of likely N-dealkylation sites (tertiary alicyclic amines) is 1. The summed E-state index contributed by atoms with van der Waals surface area (Å²) < 4.78 is 5.00. The lowest BCUT2D eigenvalue weighted by Gasteiger charge is -2.22. The van der Waals surface area contributed by atoms with Gasteiger partial charge in [-0.05, 0) is 12.0 Å². The van der Waals surface area contributed by atoms with Crippen LogP contribution in [0, 0.1) is 0 Å². The minimum Gasteiger partial charge on any atom is -0.480 e. The molecule has 0 aromatic heterocycles. The maximum Gasteiger partial charge on any atom is 0.408 e. The van der Waals surface area contributed by atoms with Crippen molar-refractivity contribution in [1.29, 1.82) is 0 Å². The fraction of sp³-hybridized carbons (Fsp3) is 0.357. The van der Waals surface area contributed by atoms with E-state index in [1.54, 1.807) is 24.3 Å². The topological polar surface area (TPSA) is 116 Å². The number of rotatable bonds is 4. The highest BCUT2D eigenvalue weighted by atomic mass is 16.5. The average molecular weight is 308 g/mol. The van der Waals surface area contributed by atoms with Crippen molar-refractivity contribution in [3.63, 3.8) is 0 Å². The number of nitrogens with zero attached hydrogens (tertiary/aromatic N) is 1. The molecule has 0 saturated carbocycles.